The van der Waals surface area contributed by atoms with Gasteiger partial charge in [-0.2, -0.15) is 0 Å². The summed E-state index contributed by atoms with van der Waals surface area (Å²) in [5.74, 6) is 0.401. The monoisotopic (exact) mass is 298 g/mol. The molecule has 0 aromatic heterocycles. The van der Waals surface area contributed by atoms with Crippen LogP contribution in [0.2, 0.25) is 0 Å². The lowest BCUT2D eigenvalue weighted by Crippen LogP contribution is -1.99. The molecule has 0 saturated carbocycles. The fraction of sp³-hybridized carbons (Fsp3) is 0.176. The van der Waals surface area contributed by atoms with Crippen molar-refractivity contribution in [1.29, 1.82) is 0 Å². The van der Waals surface area contributed by atoms with Gasteiger partial charge in [-0.1, -0.05) is 48.6 Å². The summed E-state index contributed by atoms with van der Waals surface area (Å²) in [6.07, 6.45) is 4.54. The van der Waals surface area contributed by atoms with E-state index in [0.29, 0.717) is 5.92 Å². The maximum atomic E-state index is 3.70. The third-order valence-electron chi connectivity index (χ3n) is 3.72. The van der Waals surface area contributed by atoms with Gasteiger partial charge in [-0.05, 0) is 57.6 Å². The molecule has 0 nitrogen and oxygen atoms in total. The van der Waals surface area contributed by atoms with Crippen molar-refractivity contribution in [2.75, 3.05) is 0 Å². The SMILES string of the molecule is Cc1ccccc1C1C=Cc2c1ccc(C)c2Br. The highest BCUT2D eigenvalue weighted by Crippen LogP contribution is 2.40. The van der Waals surface area contributed by atoms with Gasteiger partial charge in [0, 0.05) is 10.4 Å². The van der Waals surface area contributed by atoms with Crippen LogP contribution in [0, 0.1) is 13.8 Å². The molecule has 2 aromatic rings. The number of allylic oxidation sites excluding steroid dienone is 1. The lowest BCUT2D eigenvalue weighted by atomic mass is 9.90. The van der Waals surface area contributed by atoms with Gasteiger partial charge in [-0.3, -0.25) is 0 Å². The second-order valence-corrected chi connectivity index (χ2v) is 5.69. The average Bonchev–Trinajstić information content (AvgIpc) is 2.79. The Morgan fingerprint density at radius 1 is 0.889 bits per heavy atom. The molecule has 0 radical (unpaired) electrons. The Hall–Kier alpha value is -1.34. The van der Waals surface area contributed by atoms with Crippen LogP contribution in [0.1, 0.15) is 33.7 Å². The van der Waals surface area contributed by atoms with E-state index < -0.39 is 0 Å². The number of halogens is 1. The molecule has 0 N–H and O–H groups in total. The molecule has 0 fully saturated rings. The molecular weight excluding hydrogens is 284 g/mol. The zero-order valence-corrected chi connectivity index (χ0v) is 12.2. The molecule has 2 aromatic carbocycles. The maximum Gasteiger partial charge on any atom is 0.0281 e. The Bertz CT molecular complexity index is 638. The van der Waals surface area contributed by atoms with E-state index >= 15 is 0 Å². The minimum Gasteiger partial charge on any atom is -0.0720 e. The third-order valence-corrected chi connectivity index (χ3v) is 4.77. The molecule has 3 rings (SSSR count). The van der Waals surface area contributed by atoms with E-state index in [9.17, 15) is 0 Å². The summed E-state index contributed by atoms with van der Waals surface area (Å²) < 4.78 is 1.23. The minimum absolute atomic E-state index is 0.401. The van der Waals surface area contributed by atoms with E-state index in [0.717, 1.165) is 0 Å². The molecule has 0 spiro atoms. The first kappa shape index (κ1) is 11.7. The first-order valence-corrected chi connectivity index (χ1v) is 7.00. The zero-order valence-electron chi connectivity index (χ0n) is 10.6. The van der Waals surface area contributed by atoms with Crippen LogP contribution in [0.5, 0.6) is 0 Å². The highest BCUT2D eigenvalue weighted by molar-refractivity contribution is 9.10. The van der Waals surface area contributed by atoms with Gasteiger partial charge in [0.1, 0.15) is 0 Å². The summed E-state index contributed by atoms with van der Waals surface area (Å²) in [4.78, 5) is 0. The van der Waals surface area contributed by atoms with Gasteiger partial charge in [-0.15, -0.1) is 0 Å². The molecule has 90 valence electrons. The van der Waals surface area contributed by atoms with Gasteiger partial charge in [0.2, 0.25) is 0 Å². The standard InChI is InChI=1S/C17H15Br/c1-11-5-3-4-6-13(11)14-9-10-16-15(14)8-7-12(2)17(16)18/h3-10,14H,1-2H3. The number of aryl methyl sites for hydroxylation is 2. The van der Waals surface area contributed by atoms with Crippen molar-refractivity contribution in [2.45, 2.75) is 19.8 Å². The second-order valence-electron chi connectivity index (χ2n) is 4.89. The summed E-state index contributed by atoms with van der Waals surface area (Å²) in [6.45, 7) is 4.32. The fourth-order valence-electron chi connectivity index (χ4n) is 2.66. The quantitative estimate of drug-likeness (QED) is 0.677. The molecule has 18 heavy (non-hydrogen) atoms. The molecular formula is C17H15Br. The van der Waals surface area contributed by atoms with Gasteiger partial charge >= 0.3 is 0 Å². The van der Waals surface area contributed by atoms with Crippen LogP contribution >= 0.6 is 15.9 Å². The molecule has 0 amide bonds. The van der Waals surface area contributed by atoms with E-state index in [1.54, 1.807) is 0 Å². The van der Waals surface area contributed by atoms with E-state index in [1.807, 2.05) is 0 Å². The smallest absolute Gasteiger partial charge is 0.0281 e. The molecule has 1 aliphatic rings. The fourth-order valence-corrected chi connectivity index (χ4v) is 3.15. The number of rotatable bonds is 1. The second kappa shape index (κ2) is 4.40. The van der Waals surface area contributed by atoms with Gasteiger partial charge in [0.25, 0.3) is 0 Å². The lowest BCUT2D eigenvalue weighted by molar-refractivity contribution is 1.03. The Morgan fingerprint density at radius 3 is 2.44 bits per heavy atom. The van der Waals surface area contributed by atoms with Crippen LogP contribution < -0.4 is 0 Å². The van der Waals surface area contributed by atoms with E-state index in [2.05, 4.69) is 78.3 Å². The third kappa shape index (κ3) is 1.74. The van der Waals surface area contributed by atoms with Crippen molar-refractivity contribution in [3.8, 4) is 0 Å². The number of hydrogen-bond donors (Lipinski definition) is 0. The van der Waals surface area contributed by atoms with Gasteiger partial charge in [0.15, 0.2) is 0 Å². The van der Waals surface area contributed by atoms with E-state index in [-0.39, 0.29) is 0 Å². The zero-order chi connectivity index (χ0) is 12.7. The van der Waals surface area contributed by atoms with Crippen LogP contribution in [0.15, 0.2) is 46.9 Å². The summed E-state index contributed by atoms with van der Waals surface area (Å²) in [7, 11) is 0. The van der Waals surface area contributed by atoms with Gasteiger partial charge in [0.05, 0.1) is 0 Å². The Labute approximate surface area is 116 Å². The van der Waals surface area contributed by atoms with Crippen molar-refractivity contribution in [2.24, 2.45) is 0 Å². The van der Waals surface area contributed by atoms with Crippen molar-refractivity contribution in [3.63, 3.8) is 0 Å². The van der Waals surface area contributed by atoms with Crippen molar-refractivity contribution in [1.82, 2.24) is 0 Å². The summed E-state index contributed by atoms with van der Waals surface area (Å²) in [5.41, 5.74) is 6.80. The highest BCUT2D eigenvalue weighted by Gasteiger charge is 2.22. The van der Waals surface area contributed by atoms with Crippen LogP contribution in [0.3, 0.4) is 0 Å². The summed E-state index contributed by atoms with van der Waals surface area (Å²) in [6, 6.07) is 13.1. The van der Waals surface area contributed by atoms with Crippen molar-refractivity contribution >= 4 is 22.0 Å². The lowest BCUT2D eigenvalue weighted by Gasteiger charge is -2.15. The predicted molar refractivity (Wildman–Crippen MR) is 80.9 cm³/mol. The number of hydrogen-bond acceptors (Lipinski definition) is 0. The normalized spacial score (nSPS) is 16.9. The number of fused-ring (bicyclic) bond motifs is 1. The Morgan fingerprint density at radius 2 is 1.67 bits per heavy atom. The molecule has 0 aliphatic heterocycles. The number of benzene rings is 2. The molecule has 1 unspecified atom stereocenters. The van der Waals surface area contributed by atoms with Crippen LogP contribution in [0.25, 0.3) is 6.08 Å². The van der Waals surface area contributed by atoms with Crippen LogP contribution in [-0.2, 0) is 0 Å². The van der Waals surface area contributed by atoms with E-state index in [4.69, 9.17) is 0 Å². The Balaban J connectivity index is 2.15. The van der Waals surface area contributed by atoms with Gasteiger partial charge in [-0.25, -0.2) is 0 Å². The predicted octanol–water partition coefficient (Wildman–Crippen LogP) is 5.22. The minimum atomic E-state index is 0.401. The van der Waals surface area contributed by atoms with Crippen molar-refractivity contribution < 1.29 is 0 Å². The first-order valence-electron chi connectivity index (χ1n) is 6.21. The maximum absolute atomic E-state index is 3.70. The van der Waals surface area contributed by atoms with E-state index in [1.165, 1.54) is 32.3 Å². The van der Waals surface area contributed by atoms with Crippen LogP contribution in [0.4, 0.5) is 0 Å². The van der Waals surface area contributed by atoms with Crippen molar-refractivity contribution in [3.05, 3.63) is 74.8 Å². The highest BCUT2D eigenvalue weighted by atomic mass is 79.9. The van der Waals surface area contributed by atoms with Crippen LogP contribution in [-0.4, -0.2) is 0 Å². The van der Waals surface area contributed by atoms with Gasteiger partial charge < -0.3 is 0 Å². The largest absolute Gasteiger partial charge is 0.0720 e. The summed E-state index contributed by atoms with van der Waals surface area (Å²) >= 11 is 3.70. The Kier molecular flexibility index (Phi) is 2.87. The first-order chi connectivity index (χ1) is 8.68. The molecule has 0 heterocycles. The molecule has 1 atom stereocenters. The average molecular weight is 299 g/mol. The molecule has 0 saturated heterocycles. The molecule has 1 aliphatic carbocycles. The topological polar surface area (TPSA) is 0 Å². The molecule has 1 heteroatoms. The molecule has 0 bridgehead atoms. The summed E-state index contributed by atoms with van der Waals surface area (Å²) in [5, 5.41) is 0.